The Labute approximate surface area is 219 Å². The molecule has 2 atom stereocenters. The predicted octanol–water partition coefficient (Wildman–Crippen LogP) is -1.51. The minimum Gasteiger partial charge on any atom is -0.462 e. The van der Waals surface area contributed by atoms with Crippen LogP contribution in [0.1, 0.15) is 34.6 Å². The highest BCUT2D eigenvalue weighted by Crippen LogP contribution is 2.43. The third-order valence-corrected chi connectivity index (χ3v) is 4.58. The van der Waals surface area contributed by atoms with Crippen molar-refractivity contribution >= 4 is 43.6 Å². The van der Waals surface area contributed by atoms with E-state index in [0.717, 1.165) is 13.8 Å². The largest absolute Gasteiger partial charge is 0.472 e. The molecule has 38 heavy (non-hydrogen) atoms. The highest BCUT2D eigenvalue weighted by Gasteiger charge is 2.25. The van der Waals surface area contributed by atoms with Crippen molar-refractivity contribution in [3.63, 3.8) is 0 Å². The van der Waals surface area contributed by atoms with E-state index in [1.54, 1.807) is 20.8 Å². The summed E-state index contributed by atoms with van der Waals surface area (Å²) in [5.74, 6) is -3.40. The van der Waals surface area contributed by atoms with Crippen LogP contribution in [0.15, 0.2) is 0 Å². The average molecular weight is 570 g/mol. The van der Waals surface area contributed by atoms with Gasteiger partial charge in [-0.3, -0.25) is 33.0 Å². The lowest BCUT2D eigenvalue weighted by molar-refractivity contribution is -0.158. The number of rotatable bonds is 16. The lowest BCUT2D eigenvalue weighted by Crippen LogP contribution is -2.45. The van der Waals surface area contributed by atoms with Gasteiger partial charge in [0.05, 0.1) is 26.3 Å². The van der Waals surface area contributed by atoms with E-state index in [2.05, 4.69) is 30.5 Å². The van der Waals surface area contributed by atoms with Crippen LogP contribution in [0.3, 0.4) is 0 Å². The second kappa shape index (κ2) is 17.3. The summed E-state index contributed by atoms with van der Waals surface area (Å²) in [7, 11) is -4.60. The Hall–Kier alpha value is -3.27. The summed E-state index contributed by atoms with van der Waals surface area (Å²) in [6.07, 6.45) is -1.94. The van der Waals surface area contributed by atoms with E-state index >= 15 is 0 Å². The minimum atomic E-state index is -4.60. The maximum Gasteiger partial charge on any atom is 0.472 e. The number of carbonyl (C=O) groups is 6. The normalized spacial score (nSPS) is 13.2. The van der Waals surface area contributed by atoms with Crippen molar-refractivity contribution in [2.45, 2.75) is 46.3 Å². The third-order valence-electron chi connectivity index (χ3n) is 3.59. The molecular weight excluding hydrogens is 535 g/mol. The molecule has 0 aliphatic heterocycles. The smallest absolute Gasteiger partial charge is 0.462 e. The lowest BCUT2D eigenvalue weighted by atomic mass is 10.2. The second-order valence-electron chi connectivity index (χ2n) is 8.39. The molecular formula is C20H35N4O13P. The van der Waals surface area contributed by atoms with E-state index in [-0.39, 0.29) is 6.54 Å². The number of alkyl carbamates (subject to hydrolysis) is 1. The summed E-state index contributed by atoms with van der Waals surface area (Å²) in [5, 5.41) is 9.00. The van der Waals surface area contributed by atoms with Crippen molar-refractivity contribution < 1.29 is 61.5 Å². The first-order valence-electron chi connectivity index (χ1n) is 11.2. The molecule has 0 aromatic heterocycles. The minimum absolute atomic E-state index is 0.226. The van der Waals surface area contributed by atoms with Crippen LogP contribution < -0.4 is 21.3 Å². The summed E-state index contributed by atoms with van der Waals surface area (Å²) in [6, 6.07) is 0. The van der Waals surface area contributed by atoms with Crippen LogP contribution in [0, 0.1) is 0 Å². The molecule has 17 nitrogen and oxygen atoms in total. The zero-order chi connectivity index (χ0) is 29.4. The molecule has 0 bridgehead atoms. The van der Waals surface area contributed by atoms with Gasteiger partial charge in [-0.25, -0.2) is 9.36 Å². The highest BCUT2D eigenvalue weighted by molar-refractivity contribution is 7.47. The van der Waals surface area contributed by atoms with Gasteiger partial charge < -0.3 is 40.4 Å². The number of carbonyl (C=O) groups excluding carboxylic acids is 6. The standard InChI is InChI=1S/C20H35N4O13P/c1-13(25)33-11-15(36-14(2)26)12-35-38(31,32)34-7-6-21-16(27)8-22-17(28)9-23-18(29)10-24-19(30)37-20(3,4)5/h15H,6-12H2,1-5H3,(H,21,27)(H,22,28)(H,23,29)(H,24,30)(H,31,32). The lowest BCUT2D eigenvalue weighted by Gasteiger charge is -2.19. The Morgan fingerprint density at radius 1 is 0.789 bits per heavy atom. The Morgan fingerprint density at radius 2 is 1.32 bits per heavy atom. The number of amides is 4. The van der Waals surface area contributed by atoms with Crippen molar-refractivity contribution in [1.29, 1.82) is 0 Å². The molecule has 4 amide bonds. The fourth-order valence-corrected chi connectivity index (χ4v) is 2.89. The fourth-order valence-electron chi connectivity index (χ4n) is 2.14. The first-order chi connectivity index (χ1) is 17.5. The topological polar surface area (TPSA) is 234 Å². The molecule has 0 aliphatic rings. The van der Waals surface area contributed by atoms with E-state index in [1.807, 2.05) is 0 Å². The zero-order valence-electron chi connectivity index (χ0n) is 21.8. The van der Waals surface area contributed by atoms with E-state index in [4.69, 9.17) is 14.0 Å². The number of phosphoric ester groups is 1. The monoisotopic (exact) mass is 570 g/mol. The first-order valence-corrected chi connectivity index (χ1v) is 12.7. The summed E-state index contributed by atoms with van der Waals surface area (Å²) in [5.41, 5.74) is -0.734. The molecule has 2 unspecified atom stereocenters. The van der Waals surface area contributed by atoms with Crippen molar-refractivity contribution in [3.8, 4) is 0 Å². The van der Waals surface area contributed by atoms with Crippen molar-refractivity contribution in [3.05, 3.63) is 0 Å². The molecule has 0 aliphatic carbocycles. The number of ether oxygens (including phenoxy) is 3. The van der Waals surface area contributed by atoms with Crippen LogP contribution in [-0.4, -0.2) is 98.4 Å². The number of nitrogens with one attached hydrogen (secondary N) is 4. The number of hydrogen-bond acceptors (Lipinski definition) is 12. The quantitative estimate of drug-likeness (QED) is 0.0615. The molecule has 0 saturated carbocycles. The molecule has 0 rings (SSSR count). The van der Waals surface area contributed by atoms with Crippen molar-refractivity contribution in [2.24, 2.45) is 0 Å². The van der Waals surface area contributed by atoms with Gasteiger partial charge in [-0.1, -0.05) is 0 Å². The molecule has 0 heterocycles. The fraction of sp³-hybridized carbons (Fsp3) is 0.700. The number of hydrogen-bond donors (Lipinski definition) is 5. The van der Waals surface area contributed by atoms with E-state index in [1.165, 1.54) is 0 Å². The summed E-state index contributed by atoms with van der Waals surface area (Å²) < 4.78 is 35.7. The zero-order valence-corrected chi connectivity index (χ0v) is 22.7. The molecule has 0 saturated heterocycles. The second-order valence-corrected chi connectivity index (χ2v) is 9.84. The van der Waals surface area contributed by atoms with Gasteiger partial charge >= 0.3 is 25.9 Å². The van der Waals surface area contributed by atoms with Gasteiger partial charge in [-0.2, -0.15) is 0 Å². The van der Waals surface area contributed by atoms with Crippen LogP contribution in [0.5, 0.6) is 0 Å². The first kappa shape index (κ1) is 34.7. The van der Waals surface area contributed by atoms with E-state index in [0.29, 0.717) is 0 Å². The Kier molecular flexibility index (Phi) is 15.8. The van der Waals surface area contributed by atoms with E-state index in [9.17, 15) is 38.2 Å². The van der Waals surface area contributed by atoms with Gasteiger partial charge in [0, 0.05) is 20.4 Å². The molecule has 0 radical (unpaired) electrons. The summed E-state index contributed by atoms with van der Waals surface area (Å²) in [4.78, 5) is 78.2. The van der Waals surface area contributed by atoms with Crippen LogP contribution >= 0.6 is 7.82 Å². The van der Waals surface area contributed by atoms with Crippen molar-refractivity contribution in [2.75, 3.05) is 46.0 Å². The molecule has 218 valence electrons. The maximum absolute atomic E-state index is 11.9. The Bertz CT molecular complexity index is 891. The van der Waals surface area contributed by atoms with Gasteiger partial charge in [0.2, 0.25) is 17.7 Å². The summed E-state index contributed by atoms with van der Waals surface area (Å²) >= 11 is 0. The summed E-state index contributed by atoms with van der Waals surface area (Å²) in [6.45, 7) is 4.16. The van der Waals surface area contributed by atoms with Gasteiger partial charge in [0.15, 0.2) is 6.10 Å². The maximum atomic E-state index is 11.9. The van der Waals surface area contributed by atoms with Gasteiger partial charge in [0.1, 0.15) is 18.8 Å². The van der Waals surface area contributed by atoms with Crippen LogP contribution in [0.2, 0.25) is 0 Å². The SMILES string of the molecule is CC(=O)OCC(COP(=O)(O)OCCNC(=O)CNC(=O)CNC(=O)CNC(=O)OC(C)(C)C)OC(C)=O. The van der Waals surface area contributed by atoms with Crippen LogP contribution in [-0.2, 0) is 51.8 Å². The van der Waals surface area contributed by atoms with Crippen molar-refractivity contribution in [1.82, 2.24) is 21.3 Å². The van der Waals surface area contributed by atoms with E-state index < -0.39 is 94.7 Å². The Morgan fingerprint density at radius 3 is 1.82 bits per heavy atom. The van der Waals surface area contributed by atoms with Gasteiger partial charge in [-0.05, 0) is 20.8 Å². The molecule has 0 aromatic carbocycles. The molecule has 0 fully saturated rings. The molecule has 18 heteroatoms. The van der Waals surface area contributed by atoms with Crippen LogP contribution in [0.4, 0.5) is 4.79 Å². The van der Waals surface area contributed by atoms with Gasteiger partial charge in [0.25, 0.3) is 0 Å². The number of phosphoric acid groups is 1. The highest BCUT2D eigenvalue weighted by atomic mass is 31.2. The average Bonchev–Trinajstić information content (AvgIpc) is 2.78. The Balaban J connectivity index is 4.13. The number of esters is 2. The van der Waals surface area contributed by atoms with Gasteiger partial charge in [-0.15, -0.1) is 0 Å². The predicted molar refractivity (Wildman–Crippen MR) is 127 cm³/mol. The van der Waals surface area contributed by atoms with Crippen LogP contribution in [0.25, 0.3) is 0 Å². The molecule has 0 spiro atoms. The molecule has 5 N–H and O–H groups in total. The molecule has 0 aromatic rings. The third kappa shape index (κ3) is 20.9.